The topological polar surface area (TPSA) is 103 Å². The van der Waals surface area contributed by atoms with Gasteiger partial charge in [-0.15, -0.1) is 0 Å². The van der Waals surface area contributed by atoms with E-state index in [1.54, 1.807) is 18.2 Å². The molecular weight excluding hydrogens is 354 g/mol. The van der Waals surface area contributed by atoms with Crippen molar-refractivity contribution >= 4 is 5.91 Å². The summed E-state index contributed by atoms with van der Waals surface area (Å²) in [7, 11) is 0. The molecule has 0 unspecified atom stereocenters. The minimum atomic E-state index is -0.649. The maximum Gasteiger partial charge on any atom is 0.328 e. The van der Waals surface area contributed by atoms with Crippen LogP contribution in [0.25, 0.3) is 0 Å². The molecule has 2 aromatic rings. The van der Waals surface area contributed by atoms with Crippen molar-refractivity contribution in [3.8, 4) is 11.5 Å². The van der Waals surface area contributed by atoms with Crippen molar-refractivity contribution < 1.29 is 19.0 Å². The molecule has 1 fully saturated rings. The predicted octanol–water partition coefficient (Wildman–Crippen LogP) is 0.522. The molecule has 9 nitrogen and oxygen atoms in total. The molecule has 2 aliphatic rings. The summed E-state index contributed by atoms with van der Waals surface area (Å²) in [6, 6.07) is 5.17. The second-order valence-electron chi connectivity index (χ2n) is 7.11. The number of hydrogen-bond acceptors (Lipinski definition) is 6. The molecule has 0 radical (unpaired) electrons. The number of amides is 1. The SMILES string of the molecule is CC1(C)COCN1C(=O)c1c[nH]c(=O)n(Cc2ccc3c(c2)OCO3)c1=O. The highest BCUT2D eigenvalue weighted by atomic mass is 16.7. The van der Waals surface area contributed by atoms with Crippen molar-refractivity contribution in [3.05, 3.63) is 56.4 Å². The number of nitrogens with one attached hydrogen (secondary N) is 1. The van der Waals surface area contributed by atoms with Gasteiger partial charge >= 0.3 is 5.69 Å². The normalized spacial score (nSPS) is 17.3. The Morgan fingerprint density at radius 3 is 2.74 bits per heavy atom. The van der Waals surface area contributed by atoms with Crippen LogP contribution in [-0.2, 0) is 11.3 Å². The van der Waals surface area contributed by atoms with Gasteiger partial charge in [-0.05, 0) is 31.5 Å². The first-order valence-corrected chi connectivity index (χ1v) is 8.47. The molecular formula is C18H19N3O6. The van der Waals surface area contributed by atoms with Crippen molar-refractivity contribution in [3.63, 3.8) is 0 Å². The van der Waals surface area contributed by atoms with Gasteiger partial charge in [-0.3, -0.25) is 14.2 Å². The van der Waals surface area contributed by atoms with Crippen LogP contribution in [0.2, 0.25) is 0 Å². The summed E-state index contributed by atoms with van der Waals surface area (Å²) in [6.07, 6.45) is 1.16. The lowest BCUT2D eigenvalue weighted by Gasteiger charge is -2.28. The third kappa shape index (κ3) is 2.99. The Labute approximate surface area is 154 Å². The van der Waals surface area contributed by atoms with Crippen molar-refractivity contribution in [2.45, 2.75) is 25.9 Å². The third-order valence-corrected chi connectivity index (χ3v) is 4.72. The van der Waals surface area contributed by atoms with Crippen LogP contribution in [0.15, 0.2) is 34.0 Å². The number of rotatable bonds is 3. The van der Waals surface area contributed by atoms with Crippen molar-refractivity contribution in [1.82, 2.24) is 14.5 Å². The largest absolute Gasteiger partial charge is 0.454 e. The maximum absolute atomic E-state index is 12.8. The van der Waals surface area contributed by atoms with E-state index in [9.17, 15) is 14.4 Å². The van der Waals surface area contributed by atoms with Gasteiger partial charge < -0.3 is 24.1 Å². The summed E-state index contributed by atoms with van der Waals surface area (Å²) in [5.41, 5.74) is -1.19. The number of fused-ring (bicyclic) bond motifs is 1. The fourth-order valence-electron chi connectivity index (χ4n) is 3.15. The molecule has 1 aromatic carbocycles. The number of benzene rings is 1. The predicted molar refractivity (Wildman–Crippen MR) is 94.1 cm³/mol. The van der Waals surface area contributed by atoms with E-state index in [4.69, 9.17) is 14.2 Å². The lowest BCUT2D eigenvalue weighted by molar-refractivity contribution is 0.0602. The highest BCUT2D eigenvalue weighted by molar-refractivity contribution is 5.94. The Kier molecular flexibility index (Phi) is 4.03. The molecule has 1 saturated heterocycles. The lowest BCUT2D eigenvalue weighted by atomic mass is 10.1. The first kappa shape index (κ1) is 17.3. The fraction of sp³-hybridized carbons (Fsp3) is 0.389. The number of aromatic nitrogens is 2. The minimum absolute atomic E-state index is 0.00577. The molecule has 4 rings (SSSR count). The molecule has 2 aliphatic heterocycles. The molecule has 3 heterocycles. The Hall–Kier alpha value is -3.07. The minimum Gasteiger partial charge on any atom is -0.454 e. The Balaban J connectivity index is 1.68. The number of ether oxygens (including phenoxy) is 3. The molecule has 142 valence electrons. The fourth-order valence-corrected chi connectivity index (χ4v) is 3.15. The Bertz CT molecular complexity index is 1020. The summed E-state index contributed by atoms with van der Waals surface area (Å²) in [5, 5.41) is 0. The van der Waals surface area contributed by atoms with E-state index >= 15 is 0 Å². The van der Waals surface area contributed by atoms with E-state index in [-0.39, 0.29) is 25.6 Å². The number of carbonyl (C=O) groups excluding carboxylic acids is 1. The number of carbonyl (C=O) groups is 1. The zero-order valence-corrected chi connectivity index (χ0v) is 15.0. The summed E-state index contributed by atoms with van der Waals surface area (Å²) in [6.45, 7) is 4.34. The number of H-pyrrole nitrogens is 1. The van der Waals surface area contributed by atoms with Gasteiger partial charge in [0.15, 0.2) is 11.5 Å². The molecule has 27 heavy (non-hydrogen) atoms. The highest BCUT2D eigenvalue weighted by Gasteiger charge is 2.38. The second-order valence-corrected chi connectivity index (χ2v) is 7.11. The molecule has 1 aromatic heterocycles. The smallest absolute Gasteiger partial charge is 0.328 e. The van der Waals surface area contributed by atoms with Crippen LogP contribution in [0.5, 0.6) is 11.5 Å². The van der Waals surface area contributed by atoms with E-state index < -0.39 is 22.7 Å². The Morgan fingerprint density at radius 1 is 1.22 bits per heavy atom. The van der Waals surface area contributed by atoms with E-state index in [0.717, 1.165) is 10.8 Å². The molecule has 0 spiro atoms. The van der Waals surface area contributed by atoms with Gasteiger partial charge in [-0.25, -0.2) is 4.79 Å². The van der Waals surface area contributed by atoms with Crippen LogP contribution in [0.3, 0.4) is 0 Å². The van der Waals surface area contributed by atoms with Crippen LogP contribution >= 0.6 is 0 Å². The van der Waals surface area contributed by atoms with Gasteiger partial charge in [0.2, 0.25) is 6.79 Å². The standard InChI is InChI=1S/C18H19N3O6/c1-18(2)8-25-9-21(18)16(23)12-6-19-17(24)20(15(12)22)7-11-3-4-13-14(5-11)27-10-26-13/h3-6H,7-10H2,1-2H3,(H,19,24). The van der Waals surface area contributed by atoms with E-state index in [0.29, 0.717) is 23.7 Å². The van der Waals surface area contributed by atoms with E-state index in [1.807, 2.05) is 13.8 Å². The molecule has 1 N–H and O–H groups in total. The van der Waals surface area contributed by atoms with Crippen LogP contribution in [0.4, 0.5) is 0 Å². The van der Waals surface area contributed by atoms with Crippen LogP contribution in [-0.4, -0.2) is 46.0 Å². The molecule has 0 aliphatic carbocycles. The van der Waals surface area contributed by atoms with Gasteiger partial charge in [0, 0.05) is 6.20 Å². The van der Waals surface area contributed by atoms with E-state index in [1.165, 1.54) is 4.90 Å². The van der Waals surface area contributed by atoms with Gasteiger partial charge in [0.05, 0.1) is 18.7 Å². The number of aromatic amines is 1. The van der Waals surface area contributed by atoms with Gasteiger partial charge in [-0.2, -0.15) is 0 Å². The third-order valence-electron chi connectivity index (χ3n) is 4.72. The van der Waals surface area contributed by atoms with Gasteiger partial charge in [0.25, 0.3) is 11.5 Å². The first-order chi connectivity index (χ1) is 12.9. The summed E-state index contributed by atoms with van der Waals surface area (Å²) >= 11 is 0. The van der Waals surface area contributed by atoms with Crippen LogP contribution in [0.1, 0.15) is 29.8 Å². The summed E-state index contributed by atoms with van der Waals surface area (Å²) < 4.78 is 16.9. The average Bonchev–Trinajstić information content (AvgIpc) is 3.23. The van der Waals surface area contributed by atoms with Crippen LogP contribution in [0, 0.1) is 0 Å². The summed E-state index contributed by atoms with van der Waals surface area (Å²) in [5.74, 6) is 0.693. The first-order valence-electron chi connectivity index (χ1n) is 8.47. The molecule has 1 amide bonds. The second kappa shape index (κ2) is 6.27. The van der Waals surface area contributed by atoms with Crippen LogP contribution < -0.4 is 20.7 Å². The molecule has 0 saturated carbocycles. The molecule has 9 heteroatoms. The maximum atomic E-state index is 12.8. The van der Waals surface area contributed by atoms with Gasteiger partial charge in [-0.1, -0.05) is 6.07 Å². The summed E-state index contributed by atoms with van der Waals surface area (Å²) in [4.78, 5) is 41.8. The van der Waals surface area contributed by atoms with Crippen molar-refractivity contribution in [2.24, 2.45) is 0 Å². The zero-order valence-electron chi connectivity index (χ0n) is 15.0. The van der Waals surface area contributed by atoms with Gasteiger partial charge in [0.1, 0.15) is 12.3 Å². The number of hydrogen-bond donors (Lipinski definition) is 1. The zero-order chi connectivity index (χ0) is 19.2. The number of nitrogens with zero attached hydrogens (tertiary/aromatic N) is 2. The lowest BCUT2D eigenvalue weighted by Crippen LogP contribution is -2.48. The monoisotopic (exact) mass is 373 g/mol. The average molecular weight is 373 g/mol. The van der Waals surface area contributed by atoms with Crippen molar-refractivity contribution in [1.29, 1.82) is 0 Å². The van der Waals surface area contributed by atoms with Crippen molar-refractivity contribution in [2.75, 3.05) is 20.1 Å². The highest BCUT2D eigenvalue weighted by Crippen LogP contribution is 2.32. The Morgan fingerprint density at radius 2 is 2.00 bits per heavy atom. The molecule has 0 bridgehead atoms. The molecule has 0 atom stereocenters. The van der Waals surface area contributed by atoms with E-state index in [2.05, 4.69) is 4.98 Å². The quantitative estimate of drug-likeness (QED) is 0.842.